The van der Waals surface area contributed by atoms with Crippen LogP contribution in [-0.2, 0) is 13.1 Å². The zero-order valence-corrected chi connectivity index (χ0v) is 20.2. The Kier molecular flexibility index (Phi) is 9.66. The second-order valence-electron chi connectivity index (χ2n) is 6.75. The Morgan fingerprint density at radius 2 is 2.00 bits per heavy atom. The van der Waals surface area contributed by atoms with Crippen molar-refractivity contribution in [3.8, 4) is 0 Å². The van der Waals surface area contributed by atoms with Gasteiger partial charge in [0.1, 0.15) is 6.54 Å². The minimum Gasteiger partial charge on any atom is -0.357 e. The summed E-state index contributed by atoms with van der Waals surface area (Å²) >= 11 is 3.49. The molecule has 154 valence electrons. The second kappa shape index (κ2) is 11.7. The lowest BCUT2D eigenvalue weighted by molar-refractivity contribution is 0.198. The van der Waals surface area contributed by atoms with E-state index in [0.29, 0.717) is 24.3 Å². The molecule has 0 saturated carbocycles. The number of nitrogens with one attached hydrogen (secondary N) is 2. The van der Waals surface area contributed by atoms with E-state index in [2.05, 4.69) is 77.8 Å². The van der Waals surface area contributed by atoms with Gasteiger partial charge >= 0.3 is 0 Å². The van der Waals surface area contributed by atoms with Gasteiger partial charge in [-0.1, -0.05) is 33.2 Å². The van der Waals surface area contributed by atoms with Gasteiger partial charge in [-0.05, 0) is 37.5 Å². The van der Waals surface area contributed by atoms with E-state index in [0.717, 1.165) is 49.5 Å². The number of piperidine rings is 1. The van der Waals surface area contributed by atoms with Gasteiger partial charge in [0.15, 0.2) is 11.8 Å². The third kappa shape index (κ3) is 7.32. The molecule has 2 N–H and O–H groups in total. The van der Waals surface area contributed by atoms with E-state index in [-0.39, 0.29) is 24.0 Å². The maximum atomic E-state index is 4.99. The minimum absolute atomic E-state index is 0. The van der Waals surface area contributed by atoms with Crippen molar-refractivity contribution in [3.05, 3.63) is 46.0 Å². The predicted molar refractivity (Wildman–Crippen MR) is 125 cm³/mol. The van der Waals surface area contributed by atoms with Crippen LogP contribution in [0.25, 0.3) is 0 Å². The molecule has 9 heteroatoms. The number of rotatable bonds is 6. The highest BCUT2D eigenvalue weighted by molar-refractivity contribution is 14.0. The summed E-state index contributed by atoms with van der Waals surface area (Å²) < 4.78 is 6.12. The van der Waals surface area contributed by atoms with Crippen molar-refractivity contribution in [3.63, 3.8) is 0 Å². The summed E-state index contributed by atoms with van der Waals surface area (Å²) in [5.41, 5.74) is 1.36. The van der Waals surface area contributed by atoms with Crippen LogP contribution in [0.2, 0.25) is 0 Å². The van der Waals surface area contributed by atoms with Gasteiger partial charge in [0.25, 0.3) is 0 Å². The molecule has 0 unspecified atom stereocenters. The Labute approximate surface area is 191 Å². The summed E-state index contributed by atoms with van der Waals surface area (Å²) in [6.07, 6.45) is 2.20. The highest BCUT2D eigenvalue weighted by Crippen LogP contribution is 2.16. The van der Waals surface area contributed by atoms with Crippen LogP contribution in [0, 0.1) is 6.92 Å². The van der Waals surface area contributed by atoms with Crippen LogP contribution in [0.5, 0.6) is 0 Å². The molecule has 2 aromatic rings. The number of guanidine groups is 1. The fourth-order valence-corrected chi connectivity index (χ4v) is 3.42. The largest absolute Gasteiger partial charge is 0.357 e. The van der Waals surface area contributed by atoms with Gasteiger partial charge in [0, 0.05) is 43.6 Å². The van der Waals surface area contributed by atoms with Crippen molar-refractivity contribution >= 4 is 45.9 Å². The minimum atomic E-state index is 0. The smallest absolute Gasteiger partial charge is 0.223 e. The van der Waals surface area contributed by atoms with E-state index in [1.54, 1.807) is 6.92 Å². The molecule has 1 aliphatic heterocycles. The molecule has 1 aromatic carbocycles. The molecule has 1 aliphatic rings. The van der Waals surface area contributed by atoms with Gasteiger partial charge in [0.05, 0.1) is 0 Å². The highest BCUT2D eigenvalue weighted by atomic mass is 127. The molecule has 3 rings (SSSR count). The van der Waals surface area contributed by atoms with Gasteiger partial charge in [-0.3, -0.25) is 4.90 Å². The van der Waals surface area contributed by atoms with Gasteiger partial charge in [-0.2, -0.15) is 4.98 Å². The molecule has 1 aromatic heterocycles. The van der Waals surface area contributed by atoms with Crippen molar-refractivity contribution in [2.24, 2.45) is 4.99 Å². The Balaban J connectivity index is 0.00000280. The predicted octanol–water partition coefficient (Wildman–Crippen LogP) is 3.48. The Hall–Kier alpha value is -1.20. The molecule has 7 nitrogen and oxygen atoms in total. The standard InChI is InChI=1S/C19H27BrN6O.HI/c1-3-21-19(22-12-18-23-14(2)27-25-18)24-17-8-10-26(11-9-17)13-15-4-6-16(20)7-5-15;/h4-7,17H,3,8-13H2,1-2H3,(H2,21,22,24);1H. The fraction of sp³-hybridized carbons (Fsp3) is 0.526. The molecular weight excluding hydrogens is 535 g/mol. The van der Waals surface area contributed by atoms with Crippen molar-refractivity contribution in [2.45, 2.75) is 45.8 Å². The number of nitrogens with zero attached hydrogens (tertiary/aromatic N) is 4. The van der Waals surface area contributed by atoms with Gasteiger partial charge in [-0.25, -0.2) is 4.99 Å². The number of aromatic nitrogens is 2. The lowest BCUT2D eigenvalue weighted by atomic mass is 10.0. The van der Waals surface area contributed by atoms with Crippen LogP contribution in [0.4, 0.5) is 0 Å². The van der Waals surface area contributed by atoms with Crippen LogP contribution >= 0.6 is 39.9 Å². The second-order valence-corrected chi connectivity index (χ2v) is 7.66. The maximum Gasteiger partial charge on any atom is 0.223 e. The Morgan fingerprint density at radius 1 is 1.29 bits per heavy atom. The molecule has 0 radical (unpaired) electrons. The van der Waals surface area contributed by atoms with Crippen LogP contribution in [-0.4, -0.2) is 46.7 Å². The summed E-state index contributed by atoms with van der Waals surface area (Å²) in [5, 5.41) is 10.7. The van der Waals surface area contributed by atoms with Crippen LogP contribution in [0.15, 0.2) is 38.3 Å². The average Bonchev–Trinajstić information content (AvgIpc) is 3.09. The first-order valence-electron chi connectivity index (χ1n) is 9.43. The van der Waals surface area contributed by atoms with Crippen LogP contribution in [0.1, 0.15) is 37.0 Å². The molecule has 0 bridgehead atoms. The summed E-state index contributed by atoms with van der Waals surface area (Å²) in [6.45, 7) is 8.25. The topological polar surface area (TPSA) is 78.6 Å². The maximum absolute atomic E-state index is 4.99. The third-order valence-corrected chi connectivity index (χ3v) is 5.07. The van der Waals surface area contributed by atoms with Crippen LogP contribution in [0.3, 0.4) is 0 Å². The van der Waals surface area contributed by atoms with Gasteiger partial charge < -0.3 is 15.2 Å². The highest BCUT2D eigenvalue weighted by Gasteiger charge is 2.20. The first-order chi connectivity index (χ1) is 13.1. The molecule has 28 heavy (non-hydrogen) atoms. The Morgan fingerprint density at radius 3 is 2.61 bits per heavy atom. The first kappa shape index (κ1) is 23.1. The van der Waals surface area contributed by atoms with E-state index < -0.39 is 0 Å². The normalized spacial score (nSPS) is 15.9. The number of aryl methyl sites for hydroxylation is 1. The quantitative estimate of drug-likeness (QED) is 0.319. The van der Waals surface area contributed by atoms with E-state index >= 15 is 0 Å². The van der Waals surface area contributed by atoms with Crippen molar-refractivity contribution in [2.75, 3.05) is 19.6 Å². The van der Waals surface area contributed by atoms with E-state index in [9.17, 15) is 0 Å². The van der Waals surface area contributed by atoms with Gasteiger partial charge in [-0.15, -0.1) is 24.0 Å². The summed E-state index contributed by atoms with van der Waals surface area (Å²) in [4.78, 5) is 11.3. The molecular formula is C19H28BrIN6O. The number of hydrogen-bond donors (Lipinski definition) is 2. The molecule has 1 saturated heterocycles. The number of likely N-dealkylation sites (tertiary alicyclic amines) is 1. The number of benzene rings is 1. The molecule has 1 fully saturated rings. The van der Waals surface area contributed by atoms with E-state index in [4.69, 9.17) is 4.52 Å². The molecule has 0 amide bonds. The average molecular weight is 563 g/mol. The lowest BCUT2D eigenvalue weighted by Crippen LogP contribution is -2.48. The Bertz CT molecular complexity index is 743. The summed E-state index contributed by atoms with van der Waals surface area (Å²) in [6, 6.07) is 9.01. The van der Waals surface area contributed by atoms with E-state index in [1.165, 1.54) is 5.56 Å². The van der Waals surface area contributed by atoms with Gasteiger partial charge in [0.2, 0.25) is 5.89 Å². The lowest BCUT2D eigenvalue weighted by Gasteiger charge is -2.33. The number of aliphatic imine (C=N–C) groups is 1. The SMILES string of the molecule is CCNC(=NCc1noc(C)n1)NC1CCN(Cc2ccc(Br)cc2)CC1.I. The first-order valence-corrected chi connectivity index (χ1v) is 10.2. The zero-order valence-electron chi connectivity index (χ0n) is 16.3. The number of halogens is 2. The molecule has 2 heterocycles. The van der Waals surface area contributed by atoms with Crippen molar-refractivity contribution in [1.82, 2.24) is 25.7 Å². The van der Waals surface area contributed by atoms with Crippen molar-refractivity contribution in [1.29, 1.82) is 0 Å². The monoisotopic (exact) mass is 562 g/mol. The molecule has 0 spiro atoms. The molecule has 0 atom stereocenters. The third-order valence-electron chi connectivity index (χ3n) is 4.54. The summed E-state index contributed by atoms with van der Waals surface area (Å²) in [7, 11) is 0. The fourth-order valence-electron chi connectivity index (χ4n) is 3.15. The van der Waals surface area contributed by atoms with Crippen molar-refractivity contribution < 1.29 is 4.52 Å². The zero-order chi connectivity index (χ0) is 19.1. The number of hydrogen-bond acceptors (Lipinski definition) is 5. The van der Waals surface area contributed by atoms with E-state index in [1.807, 2.05) is 0 Å². The van der Waals surface area contributed by atoms with Crippen LogP contribution < -0.4 is 10.6 Å². The summed E-state index contributed by atoms with van der Waals surface area (Å²) in [5.74, 6) is 1.98. The molecule has 0 aliphatic carbocycles.